The lowest BCUT2D eigenvalue weighted by molar-refractivity contribution is -0.120. The zero-order chi connectivity index (χ0) is 35.1. The number of urea groups is 1. The van der Waals surface area contributed by atoms with E-state index in [-0.39, 0.29) is 18.0 Å². The van der Waals surface area contributed by atoms with Crippen LogP contribution in [0.15, 0.2) is 63.8 Å². The Morgan fingerprint density at radius 2 is 1.86 bits per heavy atom. The molecule has 1 atom stereocenters. The number of hydrogen-bond acceptors (Lipinski definition) is 13. The van der Waals surface area contributed by atoms with Gasteiger partial charge in [0.2, 0.25) is 17.4 Å². The van der Waals surface area contributed by atoms with Crippen LogP contribution in [0.4, 0.5) is 28.0 Å². The summed E-state index contributed by atoms with van der Waals surface area (Å²) >= 11 is 0. The number of aliphatic hydroxyl groups is 1. The number of benzene rings is 1. The Hall–Kier alpha value is -5.87. The third-order valence-electron chi connectivity index (χ3n) is 9.32. The number of piperazine rings is 1. The highest BCUT2D eigenvalue weighted by atomic mass is 16.4. The molecular weight excluding hydrogens is 656 g/mol. The minimum Gasteiger partial charge on any atom is -0.444 e. The number of anilines is 4. The average molecular weight is 693 g/mol. The Kier molecular flexibility index (Phi) is 8.53. The molecule has 0 saturated carbocycles. The van der Waals surface area contributed by atoms with Crippen LogP contribution in [0.5, 0.6) is 0 Å². The fourth-order valence-corrected chi connectivity index (χ4v) is 6.66. The lowest BCUT2D eigenvalue weighted by Gasteiger charge is -2.35. The van der Waals surface area contributed by atoms with Gasteiger partial charge in [-0.1, -0.05) is 18.2 Å². The smallest absolute Gasteiger partial charge is 0.328 e. The van der Waals surface area contributed by atoms with Crippen molar-refractivity contribution in [1.82, 2.24) is 30.2 Å². The van der Waals surface area contributed by atoms with Crippen molar-refractivity contribution in [2.75, 3.05) is 65.8 Å². The second-order valence-electron chi connectivity index (χ2n) is 12.9. The zero-order valence-electron chi connectivity index (χ0n) is 27.9. The molecule has 16 heteroatoms. The lowest BCUT2D eigenvalue weighted by atomic mass is 10.1. The molecule has 3 fully saturated rings. The van der Waals surface area contributed by atoms with Gasteiger partial charge in [-0.3, -0.25) is 29.7 Å². The Bertz CT molecular complexity index is 2120. The average Bonchev–Trinajstić information content (AvgIpc) is 3.89. The topological polar surface area (TPSA) is 186 Å². The second kappa shape index (κ2) is 13.4. The number of aliphatic hydroxyl groups excluding tert-OH is 1. The SMILES string of the molecule is Cc1cc(-c2nc(C(=O)Nc3cc4oc(N5CCN(Cc6ccccc6N6CCC(=O)NC6=O)CC5)nc4nc3N3CC[C@@H](O)C3)co2)ccn1. The molecule has 0 unspecified atom stereocenters. The molecular formula is C35H36N10O6. The van der Waals surface area contributed by atoms with Gasteiger partial charge < -0.3 is 29.1 Å². The zero-order valence-corrected chi connectivity index (χ0v) is 27.9. The Morgan fingerprint density at radius 1 is 1.02 bits per heavy atom. The molecule has 3 N–H and O–H groups in total. The maximum absolute atomic E-state index is 13.4. The van der Waals surface area contributed by atoms with Crippen LogP contribution in [0.25, 0.3) is 22.7 Å². The number of imide groups is 1. The van der Waals surface area contributed by atoms with Crippen molar-refractivity contribution in [3.63, 3.8) is 0 Å². The number of β-amino-alcohol motifs (C(OH)–C–C–N with tert-alkyl or cyclic N) is 1. The number of carbonyl (C=O) groups is 3. The van der Waals surface area contributed by atoms with Crippen LogP contribution in [0.3, 0.4) is 0 Å². The standard InChI is InChI=1S/C35H36N10O6/c1-21-16-22(6-9-36-21)33-38-26(20-50-33)32(48)37-25-17-28-30(40-31(25)44-10-7-24(46)19-44)41-35(51-28)43-14-12-42(13-15-43)18-23-4-2-3-5-27(23)45-11-8-29(47)39-34(45)49/h2-6,9,16-17,20,24,46H,7-8,10-15,18-19H2,1H3,(H,37,48)(H,39,47,49)/t24-/m1/s1. The van der Waals surface area contributed by atoms with Gasteiger partial charge in [-0.15, -0.1) is 0 Å². The van der Waals surface area contributed by atoms with E-state index in [0.717, 1.165) is 30.0 Å². The van der Waals surface area contributed by atoms with Crippen molar-refractivity contribution in [3.8, 4) is 11.5 Å². The summed E-state index contributed by atoms with van der Waals surface area (Å²) < 4.78 is 11.8. The summed E-state index contributed by atoms with van der Waals surface area (Å²) in [4.78, 5) is 63.7. The van der Waals surface area contributed by atoms with Crippen molar-refractivity contribution < 1.29 is 28.3 Å². The number of rotatable bonds is 8. The number of aryl methyl sites for hydroxylation is 1. The first-order valence-electron chi connectivity index (χ1n) is 16.9. The number of nitrogens with zero attached hydrogens (tertiary/aromatic N) is 8. The van der Waals surface area contributed by atoms with Gasteiger partial charge in [-0.25, -0.2) is 14.8 Å². The number of carbonyl (C=O) groups excluding carboxylic acids is 3. The van der Waals surface area contributed by atoms with Crippen molar-refractivity contribution in [2.24, 2.45) is 0 Å². The highest BCUT2D eigenvalue weighted by Crippen LogP contribution is 2.33. The number of aromatic nitrogens is 4. The molecule has 0 aliphatic carbocycles. The molecule has 16 nitrogen and oxygen atoms in total. The molecule has 4 aromatic heterocycles. The van der Waals surface area contributed by atoms with E-state index >= 15 is 0 Å². The van der Waals surface area contributed by atoms with Crippen LogP contribution in [0.2, 0.25) is 0 Å². The van der Waals surface area contributed by atoms with Gasteiger partial charge in [0.05, 0.1) is 11.8 Å². The maximum Gasteiger partial charge on any atom is 0.328 e. The number of pyridine rings is 2. The van der Waals surface area contributed by atoms with Gasteiger partial charge in [0.1, 0.15) is 6.26 Å². The number of amides is 4. The molecule has 0 bridgehead atoms. The maximum atomic E-state index is 13.4. The summed E-state index contributed by atoms with van der Waals surface area (Å²) in [5.74, 6) is 0.0444. The molecule has 3 aliphatic heterocycles. The first-order chi connectivity index (χ1) is 24.8. The Labute approximate surface area is 292 Å². The van der Waals surface area contributed by atoms with Crippen molar-refractivity contribution in [1.29, 1.82) is 0 Å². The molecule has 1 aromatic carbocycles. The van der Waals surface area contributed by atoms with Crippen LogP contribution in [0, 0.1) is 6.92 Å². The number of oxazole rings is 2. The van der Waals surface area contributed by atoms with Crippen molar-refractivity contribution >= 4 is 52.3 Å². The highest BCUT2D eigenvalue weighted by molar-refractivity contribution is 6.06. The first-order valence-corrected chi connectivity index (χ1v) is 16.9. The van der Waals surface area contributed by atoms with Crippen LogP contribution in [0.1, 0.15) is 34.6 Å². The number of hydrogen-bond donors (Lipinski definition) is 3. The molecule has 4 amide bonds. The van der Waals surface area contributed by atoms with E-state index in [1.54, 1.807) is 23.2 Å². The van der Waals surface area contributed by atoms with E-state index < -0.39 is 18.0 Å². The third-order valence-corrected chi connectivity index (χ3v) is 9.32. The molecule has 3 aliphatic rings. The Balaban J connectivity index is 0.982. The summed E-state index contributed by atoms with van der Waals surface area (Å²) in [6.07, 6.45) is 3.30. The summed E-state index contributed by atoms with van der Waals surface area (Å²) in [6, 6.07) is 13.1. The molecule has 7 heterocycles. The number of para-hydroxylation sites is 1. The van der Waals surface area contributed by atoms with Gasteiger partial charge in [0, 0.05) is 88.0 Å². The largest absolute Gasteiger partial charge is 0.444 e. The molecule has 8 rings (SSSR count). The van der Waals surface area contributed by atoms with Crippen molar-refractivity contribution in [3.05, 3.63) is 71.9 Å². The first kappa shape index (κ1) is 32.3. The molecule has 3 saturated heterocycles. The molecule has 0 spiro atoms. The summed E-state index contributed by atoms with van der Waals surface area (Å²) in [6.45, 7) is 6.52. The quantitative estimate of drug-likeness (QED) is 0.216. The van der Waals surface area contributed by atoms with Crippen LogP contribution < -0.4 is 25.3 Å². The fourth-order valence-electron chi connectivity index (χ4n) is 6.66. The van der Waals surface area contributed by atoms with Crippen LogP contribution in [-0.2, 0) is 11.3 Å². The number of fused-ring (bicyclic) bond motifs is 1. The van der Waals surface area contributed by atoms with Crippen LogP contribution >= 0.6 is 0 Å². The minimum atomic E-state index is -0.509. The van der Waals surface area contributed by atoms with E-state index in [4.69, 9.17) is 18.8 Å². The fraction of sp³-hybridized carbons (Fsp3) is 0.343. The summed E-state index contributed by atoms with van der Waals surface area (Å²) in [5, 5.41) is 15.6. The molecule has 51 heavy (non-hydrogen) atoms. The summed E-state index contributed by atoms with van der Waals surface area (Å²) in [5.41, 5.74) is 4.62. The second-order valence-corrected chi connectivity index (χ2v) is 12.9. The van der Waals surface area contributed by atoms with E-state index in [2.05, 4.69) is 30.4 Å². The predicted molar refractivity (Wildman–Crippen MR) is 186 cm³/mol. The third kappa shape index (κ3) is 6.70. The molecule has 262 valence electrons. The van der Waals surface area contributed by atoms with Gasteiger partial charge in [0.25, 0.3) is 11.9 Å². The van der Waals surface area contributed by atoms with E-state index in [9.17, 15) is 19.5 Å². The van der Waals surface area contributed by atoms with Gasteiger partial charge in [-0.05, 0) is 37.1 Å². The van der Waals surface area contributed by atoms with E-state index in [0.29, 0.717) is 85.9 Å². The molecule has 0 radical (unpaired) electrons. The summed E-state index contributed by atoms with van der Waals surface area (Å²) in [7, 11) is 0. The van der Waals surface area contributed by atoms with Gasteiger partial charge in [0.15, 0.2) is 17.1 Å². The van der Waals surface area contributed by atoms with Gasteiger partial charge >= 0.3 is 6.03 Å². The van der Waals surface area contributed by atoms with E-state index in [1.807, 2.05) is 42.2 Å². The molecule has 5 aromatic rings. The minimum absolute atomic E-state index is 0.0972. The number of nitrogens with one attached hydrogen (secondary N) is 2. The van der Waals surface area contributed by atoms with Gasteiger partial charge in [-0.2, -0.15) is 4.98 Å². The highest BCUT2D eigenvalue weighted by Gasteiger charge is 2.29. The van der Waals surface area contributed by atoms with E-state index in [1.165, 1.54) is 6.26 Å². The predicted octanol–water partition coefficient (Wildman–Crippen LogP) is 3.17. The monoisotopic (exact) mass is 692 g/mol. The van der Waals surface area contributed by atoms with Crippen molar-refractivity contribution in [2.45, 2.75) is 32.4 Å². The normalized spacial score (nSPS) is 18.5. The van der Waals surface area contributed by atoms with Crippen LogP contribution in [-0.4, -0.2) is 99.7 Å². The lowest BCUT2D eigenvalue weighted by Crippen LogP contribution is -2.50. The Morgan fingerprint density at radius 3 is 2.65 bits per heavy atom.